The fourth-order valence-corrected chi connectivity index (χ4v) is 2.94. The summed E-state index contributed by atoms with van der Waals surface area (Å²) in [7, 11) is 0. The highest BCUT2D eigenvalue weighted by molar-refractivity contribution is 7.10. The minimum Gasteiger partial charge on any atom is -0.306 e. The highest BCUT2D eigenvalue weighted by Crippen LogP contribution is 2.28. The molecule has 3 heteroatoms. The molecule has 0 spiro atoms. The van der Waals surface area contributed by atoms with E-state index in [2.05, 4.69) is 47.7 Å². The van der Waals surface area contributed by atoms with E-state index in [0.29, 0.717) is 6.04 Å². The van der Waals surface area contributed by atoms with Crippen LogP contribution < -0.4 is 5.32 Å². The average molecular weight is 260 g/mol. The molecular weight excluding hydrogens is 240 g/mol. The molecule has 1 N–H and O–H groups in total. The normalized spacial score (nSPS) is 12.6. The van der Waals surface area contributed by atoms with E-state index in [-0.39, 0.29) is 0 Å². The first-order valence-corrected chi connectivity index (χ1v) is 7.44. The van der Waals surface area contributed by atoms with E-state index in [1.54, 1.807) is 0 Å². The molecule has 18 heavy (non-hydrogen) atoms. The number of thiophene rings is 1. The minimum absolute atomic E-state index is 0.308. The van der Waals surface area contributed by atoms with Gasteiger partial charge in [0, 0.05) is 17.3 Å². The number of aryl methyl sites for hydroxylation is 1. The van der Waals surface area contributed by atoms with Crippen molar-refractivity contribution in [1.82, 2.24) is 10.3 Å². The van der Waals surface area contributed by atoms with Crippen LogP contribution in [0.5, 0.6) is 0 Å². The molecule has 0 amide bonds. The third-order valence-electron chi connectivity index (χ3n) is 3.06. The topological polar surface area (TPSA) is 24.9 Å². The van der Waals surface area contributed by atoms with Gasteiger partial charge >= 0.3 is 0 Å². The lowest BCUT2D eigenvalue weighted by Crippen LogP contribution is -2.23. The van der Waals surface area contributed by atoms with Crippen LogP contribution in [0.4, 0.5) is 0 Å². The summed E-state index contributed by atoms with van der Waals surface area (Å²) in [4.78, 5) is 5.61. The zero-order valence-electron chi connectivity index (χ0n) is 11.0. The van der Waals surface area contributed by atoms with Crippen LogP contribution in [-0.4, -0.2) is 11.5 Å². The monoisotopic (exact) mass is 260 g/mol. The molecule has 0 aliphatic heterocycles. The lowest BCUT2D eigenvalue weighted by atomic mass is 9.99. The number of nitrogens with zero attached hydrogens (tertiary/aromatic N) is 1. The maximum atomic E-state index is 4.24. The van der Waals surface area contributed by atoms with Crippen molar-refractivity contribution < 1.29 is 0 Å². The van der Waals surface area contributed by atoms with Crippen molar-refractivity contribution in [2.45, 2.75) is 32.7 Å². The van der Waals surface area contributed by atoms with Gasteiger partial charge in [-0.3, -0.25) is 4.98 Å². The Morgan fingerprint density at radius 1 is 1.33 bits per heavy atom. The van der Waals surface area contributed by atoms with Crippen molar-refractivity contribution in [1.29, 1.82) is 0 Å². The van der Waals surface area contributed by atoms with Crippen LogP contribution in [0.25, 0.3) is 0 Å². The molecule has 0 saturated heterocycles. The van der Waals surface area contributed by atoms with Gasteiger partial charge in [-0.25, -0.2) is 0 Å². The van der Waals surface area contributed by atoms with Crippen molar-refractivity contribution >= 4 is 11.3 Å². The van der Waals surface area contributed by atoms with Gasteiger partial charge in [-0.05, 0) is 48.0 Å². The molecule has 0 bridgehead atoms. The van der Waals surface area contributed by atoms with E-state index in [9.17, 15) is 0 Å². The Bertz CT molecular complexity index is 465. The Kier molecular flexibility index (Phi) is 4.90. The molecule has 0 fully saturated rings. The summed E-state index contributed by atoms with van der Waals surface area (Å²) >= 11 is 1.81. The summed E-state index contributed by atoms with van der Waals surface area (Å²) in [6.45, 7) is 5.42. The van der Waals surface area contributed by atoms with Crippen molar-refractivity contribution in [3.63, 3.8) is 0 Å². The predicted octanol–water partition coefficient (Wildman–Crippen LogP) is 3.79. The highest BCUT2D eigenvalue weighted by Gasteiger charge is 2.16. The van der Waals surface area contributed by atoms with Gasteiger partial charge in [0.1, 0.15) is 0 Å². The van der Waals surface area contributed by atoms with Crippen LogP contribution in [0.2, 0.25) is 0 Å². The van der Waals surface area contributed by atoms with E-state index >= 15 is 0 Å². The van der Waals surface area contributed by atoms with Crippen molar-refractivity contribution in [2.24, 2.45) is 0 Å². The van der Waals surface area contributed by atoms with Crippen LogP contribution in [0.15, 0.2) is 36.0 Å². The van der Waals surface area contributed by atoms with Gasteiger partial charge in [0.15, 0.2) is 0 Å². The van der Waals surface area contributed by atoms with Gasteiger partial charge in [0.2, 0.25) is 0 Å². The van der Waals surface area contributed by atoms with Gasteiger partial charge in [-0.2, -0.15) is 0 Å². The fraction of sp³-hybridized carbons (Fsp3) is 0.400. The lowest BCUT2D eigenvalue weighted by molar-refractivity contribution is 0.601. The third kappa shape index (κ3) is 2.98. The van der Waals surface area contributed by atoms with Gasteiger partial charge in [0.05, 0.1) is 6.04 Å². The smallest absolute Gasteiger partial charge is 0.0674 e. The van der Waals surface area contributed by atoms with Crippen LogP contribution in [-0.2, 0) is 6.42 Å². The van der Waals surface area contributed by atoms with E-state index in [4.69, 9.17) is 0 Å². The Morgan fingerprint density at radius 2 is 2.22 bits per heavy atom. The Morgan fingerprint density at radius 3 is 2.89 bits per heavy atom. The van der Waals surface area contributed by atoms with Gasteiger partial charge in [0.25, 0.3) is 0 Å². The molecule has 1 unspecified atom stereocenters. The first kappa shape index (κ1) is 13.2. The molecule has 1 atom stereocenters. The number of pyridine rings is 1. The van der Waals surface area contributed by atoms with Crippen molar-refractivity contribution in [3.8, 4) is 0 Å². The van der Waals surface area contributed by atoms with Crippen LogP contribution >= 0.6 is 11.3 Å². The standard InChI is InChI=1S/C15H20N2S/c1-3-8-17-15(14-6-5-10-18-14)13-7-9-16-11-12(13)4-2/h5-7,9-11,15,17H,3-4,8H2,1-2H3. The van der Waals surface area contributed by atoms with Gasteiger partial charge in [-0.1, -0.05) is 19.9 Å². The summed E-state index contributed by atoms with van der Waals surface area (Å²) in [5, 5.41) is 5.79. The highest BCUT2D eigenvalue weighted by atomic mass is 32.1. The van der Waals surface area contributed by atoms with E-state index in [1.165, 1.54) is 16.0 Å². The van der Waals surface area contributed by atoms with E-state index in [1.807, 2.05) is 23.7 Å². The molecule has 96 valence electrons. The van der Waals surface area contributed by atoms with Crippen LogP contribution in [0.3, 0.4) is 0 Å². The molecule has 0 radical (unpaired) electrons. The third-order valence-corrected chi connectivity index (χ3v) is 4.00. The second-order valence-corrected chi connectivity index (χ2v) is 5.31. The molecule has 2 heterocycles. The first-order chi connectivity index (χ1) is 8.86. The largest absolute Gasteiger partial charge is 0.306 e. The summed E-state index contributed by atoms with van der Waals surface area (Å²) in [6.07, 6.45) is 6.06. The second-order valence-electron chi connectivity index (χ2n) is 4.33. The molecule has 2 aromatic heterocycles. The van der Waals surface area contributed by atoms with E-state index in [0.717, 1.165) is 19.4 Å². The number of hydrogen-bond donors (Lipinski definition) is 1. The minimum atomic E-state index is 0.308. The Balaban J connectivity index is 2.33. The molecule has 0 aliphatic rings. The summed E-state index contributed by atoms with van der Waals surface area (Å²) in [5.74, 6) is 0. The molecule has 2 nitrogen and oxygen atoms in total. The number of rotatable bonds is 6. The quantitative estimate of drug-likeness (QED) is 0.854. The van der Waals surface area contributed by atoms with E-state index < -0.39 is 0 Å². The molecule has 2 rings (SSSR count). The summed E-state index contributed by atoms with van der Waals surface area (Å²) < 4.78 is 0. The molecule has 0 aliphatic carbocycles. The average Bonchev–Trinajstić information content (AvgIpc) is 2.94. The zero-order chi connectivity index (χ0) is 12.8. The van der Waals surface area contributed by atoms with Gasteiger partial charge in [-0.15, -0.1) is 11.3 Å². The number of nitrogens with one attached hydrogen (secondary N) is 1. The SMILES string of the molecule is CCCNC(c1cccs1)c1ccncc1CC. The maximum absolute atomic E-state index is 4.24. The summed E-state index contributed by atoms with van der Waals surface area (Å²) in [6, 6.07) is 6.78. The predicted molar refractivity (Wildman–Crippen MR) is 78.1 cm³/mol. The fourth-order valence-electron chi connectivity index (χ4n) is 2.12. The maximum Gasteiger partial charge on any atom is 0.0674 e. The van der Waals surface area contributed by atoms with Gasteiger partial charge < -0.3 is 5.32 Å². The van der Waals surface area contributed by atoms with Crippen molar-refractivity contribution in [2.75, 3.05) is 6.54 Å². The number of hydrogen-bond acceptors (Lipinski definition) is 3. The second kappa shape index (κ2) is 6.66. The van der Waals surface area contributed by atoms with Crippen LogP contribution in [0, 0.1) is 0 Å². The molecule has 0 aromatic carbocycles. The first-order valence-electron chi connectivity index (χ1n) is 6.56. The molecule has 0 saturated carbocycles. The number of aromatic nitrogens is 1. The Labute approximate surface area is 113 Å². The lowest BCUT2D eigenvalue weighted by Gasteiger charge is -2.20. The van der Waals surface area contributed by atoms with Crippen LogP contribution in [0.1, 0.15) is 42.3 Å². The summed E-state index contributed by atoms with van der Waals surface area (Å²) in [5.41, 5.74) is 2.70. The zero-order valence-corrected chi connectivity index (χ0v) is 11.8. The Hall–Kier alpha value is -1.19. The van der Waals surface area contributed by atoms with Crippen molar-refractivity contribution in [3.05, 3.63) is 52.0 Å². The molecule has 2 aromatic rings. The molecular formula is C15H20N2S.